The van der Waals surface area contributed by atoms with Gasteiger partial charge in [-0.2, -0.15) is 4.98 Å². The molecule has 0 aromatic carbocycles. The highest BCUT2D eigenvalue weighted by molar-refractivity contribution is 5.27. The Bertz CT molecular complexity index is 544. The van der Waals surface area contributed by atoms with E-state index < -0.39 is 42.4 Å². The van der Waals surface area contributed by atoms with Crippen LogP contribution in [0.1, 0.15) is 6.23 Å². The number of rotatable bonds is 2. The molecule has 0 radical (unpaired) electrons. The molecule has 0 spiro atoms. The summed E-state index contributed by atoms with van der Waals surface area (Å²) in [6.07, 6.45) is -2.29. The van der Waals surface area contributed by atoms with Crippen molar-refractivity contribution in [3.63, 3.8) is 0 Å². The van der Waals surface area contributed by atoms with Crippen molar-refractivity contribution in [2.24, 2.45) is 0 Å². The van der Waals surface area contributed by atoms with Crippen LogP contribution in [0, 0.1) is 5.82 Å². The molecule has 1 fully saturated rings. The summed E-state index contributed by atoms with van der Waals surface area (Å²) in [5.74, 6) is -1.40. The first-order chi connectivity index (χ1) is 8.45. The summed E-state index contributed by atoms with van der Waals surface area (Å²) in [4.78, 5) is 14.8. The largest absolute Gasteiger partial charge is 0.394 e. The number of anilines is 1. The molecule has 7 nitrogen and oxygen atoms in total. The molecule has 1 aliphatic rings. The lowest BCUT2D eigenvalue weighted by molar-refractivity contribution is -0.0449. The molecular formula is C10H12FN3O4. The maximum absolute atomic E-state index is 13.3. The average Bonchev–Trinajstić information content (AvgIpc) is 2.61. The smallest absolute Gasteiger partial charge is 0.352 e. The van der Waals surface area contributed by atoms with Crippen molar-refractivity contribution in [3.05, 3.63) is 34.7 Å². The van der Waals surface area contributed by atoms with Crippen LogP contribution in [0.3, 0.4) is 0 Å². The molecule has 2 heterocycles. The topological polar surface area (TPSA) is 111 Å². The van der Waals surface area contributed by atoms with E-state index in [1.807, 2.05) is 0 Å². The Morgan fingerprint density at radius 1 is 1.67 bits per heavy atom. The Morgan fingerprint density at radius 3 is 2.89 bits per heavy atom. The fourth-order valence-electron chi connectivity index (χ4n) is 1.72. The Morgan fingerprint density at radius 2 is 2.33 bits per heavy atom. The van der Waals surface area contributed by atoms with Crippen LogP contribution < -0.4 is 11.4 Å². The zero-order valence-electron chi connectivity index (χ0n) is 9.28. The second kappa shape index (κ2) is 4.48. The number of aliphatic hydroxyl groups is 2. The Balaban J connectivity index is 2.42. The van der Waals surface area contributed by atoms with Gasteiger partial charge in [0.2, 0.25) is 0 Å². The number of hydrogen-bond acceptors (Lipinski definition) is 6. The van der Waals surface area contributed by atoms with Gasteiger partial charge in [0.25, 0.3) is 0 Å². The lowest BCUT2D eigenvalue weighted by atomic mass is 10.1. The predicted molar refractivity (Wildman–Crippen MR) is 59.0 cm³/mol. The fraction of sp³-hybridized carbons (Fsp3) is 0.400. The third-order valence-electron chi connectivity index (χ3n) is 2.72. The van der Waals surface area contributed by atoms with Gasteiger partial charge in [-0.3, -0.25) is 4.57 Å². The molecule has 0 saturated carbocycles. The zero-order chi connectivity index (χ0) is 13.4. The molecule has 1 saturated heterocycles. The summed E-state index contributed by atoms with van der Waals surface area (Å²) in [6.45, 7) is 3.11. The molecule has 1 aliphatic heterocycles. The molecule has 18 heavy (non-hydrogen) atoms. The van der Waals surface area contributed by atoms with Crippen molar-refractivity contribution in [1.82, 2.24) is 9.55 Å². The normalized spacial score (nSPS) is 27.7. The lowest BCUT2D eigenvalue weighted by Crippen LogP contribution is -2.29. The summed E-state index contributed by atoms with van der Waals surface area (Å²) in [5, 5.41) is 18.6. The SMILES string of the molecule is C=C1C(O)[C@@H](CO)O[C@H]1n1cc(F)c(N)nc1=O. The van der Waals surface area contributed by atoms with Gasteiger partial charge in [0.1, 0.15) is 12.2 Å². The minimum atomic E-state index is -1.13. The first-order valence-electron chi connectivity index (χ1n) is 5.13. The van der Waals surface area contributed by atoms with Crippen LogP contribution >= 0.6 is 0 Å². The van der Waals surface area contributed by atoms with Gasteiger partial charge in [-0.25, -0.2) is 9.18 Å². The van der Waals surface area contributed by atoms with Crippen LogP contribution in [0.4, 0.5) is 10.2 Å². The number of aliphatic hydroxyl groups excluding tert-OH is 2. The number of hydrogen-bond donors (Lipinski definition) is 3. The van der Waals surface area contributed by atoms with Crippen molar-refractivity contribution in [2.45, 2.75) is 18.4 Å². The van der Waals surface area contributed by atoms with Crippen molar-refractivity contribution in [2.75, 3.05) is 12.3 Å². The molecule has 98 valence electrons. The van der Waals surface area contributed by atoms with Gasteiger partial charge in [-0.05, 0) is 0 Å². The first kappa shape index (κ1) is 12.7. The van der Waals surface area contributed by atoms with E-state index in [9.17, 15) is 14.3 Å². The Hall–Kier alpha value is -1.77. The summed E-state index contributed by atoms with van der Waals surface area (Å²) in [5.41, 5.74) is 4.46. The van der Waals surface area contributed by atoms with Gasteiger partial charge >= 0.3 is 5.69 Å². The number of nitrogens with zero attached hydrogens (tertiary/aromatic N) is 2. The van der Waals surface area contributed by atoms with Gasteiger partial charge in [-0.15, -0.1) is 0 Å². The van der Waals surface area contributed by atoms with Crippen molar-refractivity contribution < 1.29 is 19.3 Å². The molecule has 0 aliphatic carbocycles. The maximum atomic E-state index is 13.3. The summed E-state index contributed by atoms with van der Waals surface area (Å²) in [6, 6.07) is 0. The van der Waals surface area contributed by atoms with Crippen LogP contribution in [0.2, 0.25) is 0 Å². The third kappa shape index (κ3) is 1.90. The van der Waals surface area contributed by atoms with Gasteiger partial charge in [0.05, 0.1) is 12.8 Å². The Kier molecular flexibility index (Phi) is 3.16. The average molecular weight is 257 g/mol. The molecule has 1 aromatic rings. The van der Waals surface area contributed by atoms with E-state index in [1.165, 1.54) is 0 Å². The van der Waals surface area contributed by atoms with Gasteiger partial charge in [-0.1, -0.05) is 6.58 Å². The molecule has 8 heteroatoms. The zero-order valence-corrected chi connectivity index (χ0v) is 9.28. The van der Waals surface area contributed by atoms with E-state index in [-0.39, 0.29) is 5.57 Å². The van der Waals surface area contributed by atoms with Crippen molar-refractivity contribution in [1.29, 1.82) is 0 Å². The van der Waals surface area contributed by atoms with Gasteiger partial charge in [0, 0.05) is 5.57 Å². The van der Waals surface area contributed by atoms with Gasteiger partial charge in [0.15, 0.2) is 17.9 Å². The monoisotopic (exact) mass is 257 g/mol. The maximum Gasteiger partial charge on any atom is 0.352 e. The molecule has 3 atom stereocenters. The summed E-state index contributed by atoms with van der Waals surface area (Å²) < 4.78 is 19.3. The fourth-order valence-corrected chi connectivity index (χ4v) is 1.72. The highest BCUT2D eigenvalue weighted by Crippen LogP contribution is 2.31. The molecule has 4 N–H and O–H groups in total. The highest BCUT2D eigenvalue weighted by Gasteiger charge is 2.38. The van der Waals surface area contributed by atoms with E-state index in [2.05, 4.69) is 11.6 Å². The number of aromatic nitrogens is 2. The van der Waals surface area contributed by atoms with Crippen LogP contribution in [0.15, 0.2) is 23.1 Å². The number of ether oxygens (including phenoxy) is 1. The minimum Gasteiger partial charge on any atom is -0.394 e. The second-order valence-electron chi connectivity index (χ2n) is 3.89. The Labute approximate surface area is 101 Å². The van der Waals surface area contributed by atoms with Crippen LogP contribution in [-0.2, 0) is 4.74 Å². The summed E-state index contributed by atoms with van der Waals surface area (Å²) in [7, 11) is 0. The standard InChI is InChI=1S/C10H12FN3O4/c1-4-7(16)6(3-15)18-9(4)14-2-5(11)8(12)13-10(14)17/h2,6-7,9,15-16H,1,3H2,(H2,12,13,17)/t6-,7?,9-/m1/s1. The highest BCUT2D eigenvalue weighted by atomic mass is 19.1. The van der Waals surface area contributed by atoms with Crippen molar-refractivity contribution >= 4 is 5.82 Å². The van der Waals surface area contributed by atoms with E-state index in [1.54, 1.807) is 0 Å². The number of halogens is 1. The molecule has 0 amide bonds. The molecule has 1 aromatic heterocycles. The van der Waals surface area contributed by atoms with E-state index in [0.717, 1.165) is 10.8 Å². The van der Waals surface area contributed by atoms with Crippen molar-refractivity contribution in [3.8, 4) is 0 Å². The van der Waals surface area contributed by atoms with Crippen LogP contribution in [0.5, 0.6) is 0 Å². The predicted octanol–water partition coefficient (Wildman–Crippen LogP) is -1.23. The summed E-state index contributed by atoms with van der Waals surface area (Å²) >= 11 is 0. The third-order valence-corrected chi connectivity index (χ3v) is 2.72. The second-order valence-corrected chi connectivity index (χ2v) is 3.89. The van der Waals surface area contributed by atoms with E-state index in [4.69, 9.17) is 15.6 Å². The van der Waals surface area contributed by atoms with E-state index >= 15 is 0 Å². The van der Waals surface area contributed by atoms with Crippen LogP contribution in [0.25, 0.3) is 0 Å². The number of nitrogen functional groups attached to an aromatic ring is 1. The molecule has 2 rings (SSSR count). The van der Waals surface area contributed by atoms with Gasteiger partial charge < -0.3 is 20.7 Å². The number of nitrogens with two attached hydrogens (primary N) is 1. The van der Waals surface area contributed by atoms with Crippen LogP contribution in [-0.4, -0.2) is 38.6 Å². The first-order valence-corrected chi connectivity index (χ1v) is 5.13. The molecule has 0 bridgehead atoms. The lowest BCUT2D eigenvalue weighted by Gasteiger charge is -2.14. The quantitative estimate of drug-likeness (QED) is 0.572. The molecule has 1 unspecified atom stereocenters. The van der Waals surface area contributed by atoms with E-state index in [0.29, 0.717) is 0 Å². The molecular weight excluding hydrogens is 245 g/mol. The minimum absolute atomic E-state index is 0.141.